The molecule has 0 spiro atoms. The summed E-state index contributed by atoms with van der Waals surface area (Å²) in [5.41, 5.74) is 1.56. The number of thiazole rings is 1. The highest BCUT2D eigenvalue weighted by Crippen LogP contribution is 2.30. The van der Waals surface area contributed by atoms with E-state index in [-0.39, 0.29) is 5.92 Å². The molecule has 8 nitrogen and oxygen atoms in total. The van der Waals surface area contributed by atoms with Crippen molar-refractivity contribution in [2.45, 2.75) is 34.2 Å². The first kappa shape index (κ1) is 18.3. The summed E-state index contributed by atoms with van der Waals surface area (Å²) in [6.45, 7) is 8.29. The van der Waals surface area contributed by atoms with Crippen LogP contribution in [0.4, 0.5) is 0 Å². The Morgan fingerprint density at radius 1 is 1.21 bits per heavy atom. The first-order valence-electron chi connectivity index (χ1n) is 8.89. The van der Waals surface area contributed by atoms with Crippen LogP contribution < -0.4 is 11.1 Å². The van der Waals surface area contributed by atoms with Crippen LogP contribution >= 0.6 is 11.3 Å². The van der Waals surface area contributed by atoms with Gasteiger partial charge in [-0.1, -0.05) is 19.0 Å². The molecule has 0 atom stereocenters. The molecule has 0 saturated heterocycles. The number of fused-ring (bicyclic) bond motifs is 1. The van der Waals surface area contributed by atoms with Crippen molar-refractivity contribution in [1.29, 1.82) is 0 Å². The number of aromatic nitrogens is 5. The third-order valence-corrected chi connectivity index (χ3v) is 5.37. The van der Waals surface area contributed by atoms with Crippen LogP contribution in [-0.2, 0) is 6.54 Å². The van der Waals surface area contributed by atoms with E-state index in [9.17, 15) is 9.59 Å². The van der Waals surface area contributed by atoms with Crippen LogP contribution in [0.2, 0.25) is 0 Å². The Kier molecular flexibility index (Phi) is 4.46. The van der Waals surface area contributed by atoms with E-state index in [0.717, 1.165) is 15.6 Å². The number of hydrogen-bond donors (Lipinski definition) is 1. The fourth-order valence-electron chi connectivity index (χ4n) is 3.13. The molecule has 3 heterocycles. The van der Waals surface area contributed by atoms with Gasteiger partial charge in [-0.25, -0.2) is 4.98 Å². The van der Waals surface area contributed by atoms with Gasteiger partial charge in [0.15, 0.2) is 0 Å². The van der Waals surface area contributed by atoms with E-state index in [1.165, 1.54) is 15.9 Å². The number of aryl methyl sites for hydroxylation is 2. The lowest BCUT2D eigenvalue weighted by atomic mass is 10.1. The van der Waals surface area contributed by atoms with Gasteiger partial charge >= 0.3 is 11.1 Å². The van der Waals surface area contributed by atoms with Crippen molar-refractivity contribution in [1.82, 2.24) is 24.7 Å². The molecule has 0 amide bonds. The monoisotopic (exact) mass is 397 g/mol. The quantitative estimate of drug-likeness (QED) is 0.530. The molecule has 1 aromatic carbocycles. The normalized spacial score (nSPS) is 11.6. The third kappa shape index (κ3) is 3.18. The van der Waals surface area contributed by atoms with Crippen LogP contribution in [0.3, 0.4) is 0 Å². The second-order valence-electron chi connectivity index (χ2n) is 7.07. The zero-order valence-electron chi connectivity index (χ0n) is 15.9. The number of rotatable bonds is 4. The lowest BCUT2D eigenvalue weighted by molar-refractivity contribution is 0.433. The van der Waals surface area contributed by atoms with Crippen LogP contribution in [0, 0.1) is 19.8 Å². The first-order valence-corrected chi connectivity index (χ1v) is 9.70. The minimum atomic E-state index is -0.644. The number of hydrogen-bond acceptors (Lipinski definition) is 7. The Morgan fingerprint density at radius 2 is 2.00 bits per heavy atom. The minimum absolute atomic E-state index is 0.230. The molecule has 4 aromatic rings. The Labute approximate surface area is 163 Å². The van der Waals surface area contributed by atoms with Gasteiger partial charge in [0, 0.05) is 12.1 Å². The van der Waals surface area contributed by atoms with Gasteiger partial charge in [-0.05, 0) is 38.0 Å². The van der Waals surface area contributed by atoms with Gasteiger partial charge in [-0.2, -0.15) is 4.98 Å². The molecular weight excluding hydrogens is 378 g/mol. The van der Waals surface area contributed by atoms with Gasteiger partial charge < -0.3 is 14.1 Å². The zero-order chi connectivity index (χ0) is 20.0. The Hall–Kier alpha value is -3.07. The van der Waals surface area contributed by atoms with E-state index < -0.39 is 11.1 Å². The van der Waals surface area contributed by atoms with Gasteiger partial charge in [0.2, 0.25) is 5.82 Å². The first-order chi connectivity index (χ1) is 13.3. The van der Waals surface area contributed by atoms with Gasteiger partial charge in [0.1, 0.15) is 4.88 Å². The fourth-order valence-corrected chi connectivity index (χ4v) is 3.97. The summed E-state index contributed by atoms with van der Waals surface area (Å²) < 4.78 is 6.92. The number of nitrogens with zero attached hydrogens (tertiary/aromatic N) is 4. The second kappa shape index (κ2) is 6.83. The maximum atomic E-state index is 12.2. The van der Waals surface area contributed by atoms with Crippen molar-refractivity contribution in [2.24, 2.45) is 5.92 Å². The summed E-state index contributed by atoms with van der Waals surface area (Å²) in [7, 11) is 0. The molecule has 144 valence electrons. The Morgan fingerprint density at radius 3 is 2.68 bits per heavy atom. The summed E-state index contributed by atoms with van der Waals surface area (Å²) in [6.07, 6.45) is 0. The zero-order valence-corrected chi connectivity index (χ0v) is 16.8. The summed E-state index contributed by atoms with van der Waals surface area (Å²) in [6, 6.07) is 5.37. The van der Waals surface area contributed by atoms with Crippen molar-refractivity contribution in [3.8, 4) is 22.2 Å². The predicted molar refractivity (Wildman–Crippen MR) is 108 cm³/mol. The Balaban J connectivity index is 1.81. The van der Waals surface area contributed by atoms with Crippen molar-refractivity contribution in [3.63, 3.8) is 0 Å². The lowest BCUT2D eigenvalue weighted by Crippen LogP contribution is -2.37. The molecule has 1 N–H and O–H groups in total. The van der Waals surface area contributed by atoms with E-state index >= 15 is 0 Å². The minimum Gasteiger partial charge on any atom is -0.333 e. The van der Waals surface area contributed by atoms with E-state index in [0.29, 0.717) is 34.9 Å². The topological polar surface area (TPSA) is 107 Å². The predicted octanol–water partition coefficient (Wildman–Crippen LogP) is 3.14. The van der Waals surface area contributed by atoms with Crippen molar-refractivity contribution < 1.29 is 4.52 Å². The lowest BCUT2D eigenvalue weighted by Gasteiger charge is -2.12. The average molecular weight is 397 g/mol. The van der Waals surface area contributed by atoms with Crippen LogP contribution in [0.1, 0.15) is 24.5 Å². The highest BCUT2D eigenvalue weighted by atomic mass is 32.1. The van der Waals surface area contributed by atoms with Crippen LogP contribution in [0.25, 0.3) is 33.2 Å². The standard InChI is InChI=1S/C19H19N5O3S/c1-9(2)8-24-14-6-5-12(7-13(14)21-17(25)19(24)26)16-22-18(27-23-16)15-10(3)20-11(4)28-15/h5-7,9H,8H2,1-4H3,(H,21,25). The molecule has 0 radical (unpaired) electrons. The highest BCUT2D eigenvalue weighted by Gasteiger charge is 2.17. The number of nitrogens with one attached hydrogen (secondary N) is 1. The maximum Gasteiger partial charge on any atom is 0.316 e. The number of benzene rings is 1. The molecule has 4 rings (SSSR count). The smallest absolute Gasteiger partial charge is 0.316 e. The SMILES string of the molecule is Cc1nc(C)c(-c2nc(-c3ccc4c(c3)[nH]c(=O)c(=O)n4CC(C)C)no2)s1. The van der Waals surface area contributed by atoms with Gasteiger partial charge in [0.25, 0.3) is 5.89 Å². The summed E-state index contributed by atoms with van der Waals surface area (Å²) in [4.78, 5) is 36.7. The summed E-state index contributed by atoms with van der Waals surface area (Å²) >= 11 is 1.50. The van der Waals surface area contributed by atoms with E-state index in [2.05, 4.69) is 20.1 Å². The van der Waals surface area contributed by atoms with Crippen molar-refractivity contribution in [2.75, 3.05) is 0 Å². The molecule has 28 heavy (non-hydrogen) atoms. The van der Waals surface area contributed by atoms with Gasteiger partial charge in [0.05, 0.1) is 21.7 Å². The van der Waals surface area contributed by atoms with Crippen molar-refractivity contribution >= 4 is 22.4 Å². The maximum absolute atomic E-state index is 12.2. The Bertz CT molecular complexity index is 1300. The van der Waals surface area contributed by atoms with Crippen LogP contribution in [-0.4, -0.2) is 24.7 Å². The second-order valence-corrected chi connectivity index (χ2v) is 8.27. The van der Waals surface area contributed by atoms with Crippen LogP contribution in [0.5, 0.6) is 0 Å². The fraction of sp³-hybridized carbons (Fsp3) is 0.316. The molecule has 0 unspecified atom stereocenters. The van der Waals surface area contributed by atoms with Gasteiger partial charge in [-0.15, -0.1) is 11.3 Å². The molecule has 3 aromatic heterocycles. The van der Waals surface area contributed by atoms with E-state index in [1.54, 1.807) is 12.1 Å². The van der Waals surface area contributed by atoms with Crippen LogP contribution in [0.15, 0.2) is 32.3 Å². The van der Waals surface area contributed by atoms with E-state index in [1.807, 2.05) is 33.8 Å². The van der Waals surface area contributed by atoms with E-state index in [4.69, 9.17) is 4.52 Å². The van der Waals surface area contributed by atoms with Gasteiger partial charge in [-0.3, -0.25) is 9.59 Å². The molecule has 0 fully saturated rings. The summed E-state index contributed by atoms with van der Waals surface area (Å²) in [5, 5.41) is 4.99. The average Bonchev–Trinajstić information content (AvgIpc) is 3.24. The molecule has 0 aliphatic heterocycles. The highest BCUT2D eigenvalue weighted by molar-refractivity contribution is 7.15. The molecule has 0 aliphatic carbocycles. The summed E-state index contributed by atoms with van der Waals surface area (Å²) in [5.74, 6) is 1.05. The largest absolute Gasteiger partial charge is 0.333 e. The molecule has 0 saturated carbocycles. The molecule has 0 bridgehead atoms. The van der Waals surface area contributed by atoms with Crippen molar-refractivity contribution in [3.05, 3.63) is 49.6 Å². The number of H-pyrrole nitrogens is 1. The molecular formula is C19H19N5O3S. The molecule has 0 aliphatic rings. The third-order valence-electron chi connectivity index (χ3n) is 4.30. The number of aromatic amines is 1. The molecule has 9 heteroatoms.